The summed E-state index contributed by atoms with van der Waals surface area (Å²) in [6.45, 7) is 5.86. The van der Waals surface area contributed by atoms with Gasteiger partial charge in [0.2, 0.25) is 0 Å². The lowest BCUT2D eigenvalue weighted by Crippen LogP contribution is -2.38. The Morgan fingerprint density at radius 1 is 1.32 bits per heavy atom. The van der Waals surface area contributed by atoms with Crippen molar-refractivity contribution in [2.24, 2.45) is 0 Å². The van der Waals surface area contributed by atoms with Crippen LogP contribution in [0.5, 0.6) is 0 Å². The lowest BCUT2D eigenvalue weighted by molar-refractivity contribution is 0.296. The molecule has 1 unspecified atom stereocenters. The number of nitrogens with one attached hydrogen (secondary N) is 1. The molecule has 2 rings (SSSR count). The first kappa shape index (κ1) is 14.8. The van der Waals surface area contributed by atoms with Crippen molar-refractivity contribution >= 4 is 11.8 Å². The number of rotatable bonds is 5. The second-order valence-electron chi connectivity index (χ2n) is 4.77. The van der Waals surface area contributed by atoms with Gasteiger partial charge in [0, 0.05) is 49.3 Å². The van der Waals surface area contributed by atoms with E-state index in [4.69, 9.17) is 0 Å². The molecule has 19 heavy (non-hydrogen) atoms. The Kier molecular flexibility index (Phi) is 5.60. The van der Waals surface area contributed by atoms with E-state index in [2.05, 4.69) is 10.2 Å². The molecule has 1 aliphatic heterocycles. The fraction of sp³-hybridized carbons (Fsp3) is 0.571. The first-order chi connectivity index (χ1) is 9.18. The zero-order valence-electron chi connectivity index (χ0n) is 11.2. The number of halogens is 2. The van der Waals surface area contributed by atoms with E-state index in [1.54, 1.807) is 12.1 Å². The third kappa shape index (κ3) is 4.16. The molecule has 0 amide bonds. The van der Waals surface area contributed by atoms with Crippen LogP contribution in [0.25, 0.3) is 0 Å². The number of thioether (sulfide) groups is 1. The first-order valence-electron chi connectivity index (χ1n) is 6.66. The molecule has 1 aliphatic rings. The van der Waals surface area contributed by atoms with Crippen molar-refractivity contribution in [1.82, 2.24) is 10.2 Å². The van der Waals surface area contributed by atoms with Crippen LogP contribution in [0.4, 0.5) is 8.78 Å². The topological polar surface area (TPSA) is 15.3 Å². The third-order valence-corrected chi connectivity index (χ3v) is 4.37. The molecule has 1 aromatic rings. The molecule has 106 valence electrons. The minimum Gasteiger partial charge on any atom is -0.309 e. The summed E-state index contributed by atoms with van der Waals surface area (Å²) >= 11 is 1.99. The Bertz CT molecular complexity index is 408. The highest BCUT2D eigenvalue weighted by molar-refractivity contribution is 7.99. The van der Waals surface area contributed by atoms with E-state index < -0.39 is 11.6 Å². The van der Waals surface area contributed by atoms with Crippen LogP contribution < -0.4 is 5.32 Å². The van der Waals surface area contributed by atoms with Gasteiger partial charge in [-0.1, -0.05) is 12.1 Å². The van der Waals surface area contributed by atoms with E-state index in [0.717, 1.165) is 32.2 Å². The summed E-state index contributed by atoms with van der Waals surface area (Å²) in [7, 11) is 0. The molecule has 1 heterocycles. The Morgan fingerprint density at radius 2 is 2.05 bits per heavy atom. The van der Waals surface area contributed by atoms with Gasteiger partial charge in [0.25, 0.3) is 0 Å². The molecule has 0 aromatic heterocycles. The van der Waals surface area contributed by atoms with Crippen molar-refractivity contribution in [2.75, 3.05) is 37.7 Å². The minimum atomic E-state index is -0.779. The molecule has 2 nitrogen and oxygen atoms in total. The van der Waals surface area contributed by atoms with Gasteiger partial charge >= 0.3 is 0 Å². The van der Waals surface area contributed by atoms with Gasteiger partial charge in [0.05, 0.1) is 0 Å². The molecule has 1 saturated heterocycles. The number of benzene rings is 1. The Balaban J connectivity index is 1.80. The molecular formula is C14H20F2N2S. The Labute approximate surface area is 117 Å². The zero-order chi connectivity index (χ0) is 13.7. The molecule has 0 radical (unpaired) electrons. The van der Waals surface area contributed by atoms with Crippen molar-refractivity contribution in [2.45, 2.75) is 13.0 Å². The number of nitrogens with zero attached hydrogens (tertiary/aromatic N) is 1. The first-order valence-corrected chi connectivity index (χ1v) is 7.81. The predicted molar refractivity (Wildman–Crippen MR) is 76.5 cm³/mol. The van der Waals surface area contributed by atoms with Crippen LogP contribution in [0.15, 0.2) is 18.2 Å². The SMILES string of the molecule is CC(NCCN1CCSCC1)c1cccc(F)c1F. The van der Waals surface area contributed by atoms with E-state index in [9.17, 15) is 8.78 Å². The molecule has 0 saturated carbocycles. The van der Waals surface area contributed by atoms with E-state index in [-0.39, 0.29) is 6.04 Å². The summed E-state index contributed by atoms with van der Waals surface area (Å²) in [6.07, 6.45) is 0. The molecule has 1 atom stereocenters. The van der Waals surface area contributed by atoms with Crippen LogP contribution in [0.1, 0.15) is 18.5 Å². The molecule has 0 aliphatic carbocycles. The lowest BCUT2D eigenvalue weighted by Gasteiger charge is -2.27. The summed E-state index contributed by atoms with van der Waals surface area (Å²) in [6, 6.07) is 4.16. The van der Waals surface area contributed by atoms with Gasteiger partial charge in [-0.2, -0.15) is 11.8 Å². The van der Waals surface area contributed by atoms with Crippen molar-refractivity contribution in [1.29, 1.82) is 0 Å². The minimum absolute atomic E-state index is 0.171. The van der Waals surface area contributed by atoms with Crippen molar-refractivity contribution in [3.63, 3.8) is 0 Å². The van der Waals surface area contributed by atoms with E-state index >= 15 is 0 Å². The summed E-state index contributed by atoms with van der Waals surface area (Å²) < 4.78 is 26.7. The van der Waals surface area contributed by atoms with Gasteiger partial charge in [-0.05, 0) is 13.0 Å². The summed E-state index contributed by atoms with van der Waals surface area (Å²) in [5.74, 6) is 0.860. The second kappa shape index (κ2) is 7.22. The maximum atomic E-state index is 13.6. The van der Waals surface area contributed by atoms with Crippen molar-refractivity contribution in [3.8, 4) is 0 Å². The quantitative estimate of drug-likeness (QED) is 0.896. The van der Waals surface area contributed by atoms with E-state index in [1.165, 1.54) is 11.5 Å². The number of hydrogen-bond donors (Lipinski definition) is 1. The maximum Gasteiger partial charge on any atom is 0.163 e. The molecule has 1 aromatic carbocycles. The average molecular weight is 286 g/mol. The van der Waals surface area contributed by atoms with Gasteiger partial charge in [-0.15, -0.1) is 0 Å². The van der Waals surface area contributed by atoms with Crippen molar-refractivity contribution < 1.29 is 8.78 Å². The van der Waals surface area contributed by atoms with Crippen LogP contribution in [0.2, 0.25) is 0 Å². The van der Waals surface area contributed by atoms with E-state index in [0.29, 0.717) is 5.56 Å². The van der Waals surface area contributed by atoms with Gasteiger partial charge in [-0.25, -0.2) is 8.78 Å². The predicted octanol–water partition coefficient (Wildman–Crippen LogP) is 2.66. The lowest BCUT2D eigenvalue weighted by atomic mass is 10.1. The van der Waals surface area contributed by atoms with Crippen LogP contribution in [0.3, 0.4) is 0 Å². The highest BCUT2D eigenvalue weighted by Gasteiger charge is 2.14. The molecule has 5 heteroatoms. The largest absolute Gasteiger partial charge is 0.309 e. The van der Waals surface area contributed by atoms with Gasteiger partial charge < -0.3 is 10.2 Å². The fourth-order valence-electron chi connectivity index (χ4n) is 2.23. The van der Waals surface area contributed by atoms with Gasteiger partial charge in [0.1, 0.15) is 0 Å². The molecule has 0 spiro atoms. The van der Waals surface area contributed by atoms with Crippen LogP contribution >= 0.6 is 11.8 Å². The fourth-order valence-corrected chi connectivity index (χ4v) is 3.21. The van der Waals surface area contributed by atoms with Crippen LogP contribution in [-0.4, -0.2) is 42.6 Å². The smallest absolute Gasteiger partial charge is 0.163 e. The Hall–Kier alpha value is -0.650. The van der Waals surface area contributed by atoms with Gasteiger partial charge in [-0.3, -0.25) is 0 Å². The van der Waals surface area contributed by atoms with Gasteiger partial charge in [0.15, 0.2) is 11.6 Å². The third-order valence-electron chi connectivity index (χ3n) is 3.43. The van der Waals surface area contributed by atoms with Crippen LogP contribution in [-0.2, 0) is 0 Å². The summed E-state index contributed by atoms with van der Waals surface area (Å²) in [5, 5.41) is 3.26. The summed E-state index contributed by atoms with van der Waals surface area (Å²) in [5.41, 5.74) is 0.397. The normalized spacial score (nSPS) is 18.5. The van der Waals surface area contributed by atoms with Crippen molar-refractivity contribution in [3.05, 3.63) is 35.4 Å². The molecule has 0 bridgehead atoms. The highest BCUT2D eigenvalue weighted by Crippen LogP contribution is 2.18. The zero-order valence-corrected chi connectivity index (χ0v) is 12.0. The molecule has 1 fully saturated rings. The second-order valence-corrected chi connectivity index (χ2v) is 6.00. The average Bonchev–Trinajstić information content (AvgIpc) is 2.43. The van der Waals surface area contributed by atoms with Crippen LogP contribution in [0, 0.1) is 11.6 Å². The van der Waals surface area contributed by atoms with E-state index in [1.807, 2.05) is 18.7 Å². The highest BCUT2D eigenvalue weighted by atomic mass is 32.2. The molecule has 1 N–H and O–H groups in total. The number of hydrogen-bond acceptors (Lipinski definition) is 3. The Morgan fingerprint density at radius 3 is 2.79 bits per heavy atom. The molecular weight excluding hydrogens is 266 g/mol. The monoisotopic (exact) mass is 286 g/mol. The maximum absolute atomic E-state index is 13.6. The standard InChI is InChI=1S/C14H20F2N2S/c1-11(12-3-2-4-13(15)14(12)16)17-5-6-18-7-9-19-10-8-18/h2-4,11,17H,5-10H2,1H3. The summed E-state index contributed by atoms with van der Waals surface area (Å²) in [4.78, 5) is 2.40.